The minimum Gasteiger partial charge on any atom is -0.486 e. The van der Waals surface area contributed by atoms with Crippen molar-refractivity contribution in [3.63, 3.8) is 0 Å². The van der Waals surface area contributed by atoms with Crippen LogP contribution in [0.2, 0.25) is 10.0 Å². The highest BCUT2D eigenvalue weighted by Crippen LogP contribution is 2.27. The van der Waals surface area contributed by atoms with Gasteiger partial charge in [0.05, 0.1) is 0 Å². The van der Waals surface area contributed by atoms with E-state index in [1.165, 1.54) is 6.07 Å². The molecule has 0 saturated heterocycles. The molecular weight excluding hydrogens is 274 g/mol. The molecule has 2 aromatic rings. The predicted molar refractivity (Wildman–Crippen MR) is 71.9 cm³/mol. The smallest absolute Gasteiger partial charge is 0.165 e. The van der Waals surface area contributed by atoms with E-state index in [4.69, 9.17) is 27.9 Å². The zero-order chi connectivity index (χ0) is 13.1. The van der Waals surface area contributed by atoms with Gasteiger partial charge in [-0.2, -0.15) is 0 Å². The van der Waals surface area contributed by atoms with Gasteiger partial charge in [0.25, 0.3) is 0 Å². The maximum Gasteiger partial charge on any atom is 0.165 e. The molecule has 2 rings (SSSR count). The van der Waals surface area contributed by atoms with Crippen LogP contribution >= 0.6 is 23.2 Å². The van der Waals surface area contributed by atoms with Crippen LogP contribution in [0.5, 0.6) is 5.75 Å². The summed E-state index contributed by atoms with van der Waals surface area (Å²) in [6.45, 7) is 2.01. The number of hydrogen-bond acceptors (Lipinski definition) is 1. The molecule has 1 nitrogen and oxygen atoms in total. The Morgan fingerprint density at radius 1 is 1.11 bits per heavy atom. The molecule has 0 aromatic heterocycles. The van der Waals surface area contributed by atoms with Crippen molar-refractivity contribution in [1.29, 1.82) is 0 Å². The Labute approximate surface area is 115 Å². The van der Waals surface area contributed by atoms with E-state index < -0.39 is 5.82 Å². The third-order valence-electron chi connectivity index (χ3n) is 2.52. The predicted octanol–water partition coefficient (Wildman–Crippen LogP) is 5.02. The minimum absolute atomic E-state index is 0.138. The lowest BCUT2D eigenvalue weighted by molar-refractivity contribution is 0.290. The second kappa shape index (κ2) is 5.59. The van der Waals surface area contributed by atoms with E-state index in [-0.39, 0.29) is 12.4 Å². The van der Waals surface area contributed by atoms with E-state index in [9.17, 15) is 4.39 Å². The number of halogens is 3. The van der Waals surface area contributed by atoms with Crippen molar-refractivity contribution in [2.45, 2.75) is 13.5 Å². The molecular formula is C14H11Cl2FO. The average molecular weight is 285 g/mol. The Balaban J connectivity index is 2.19. The van der Waals surface area contributed by atoms with Gasteiger partial charge in [-0.25, -0.2) is 4.39 Å². The summed E-state index contributed by atoms with van der Waals surface area (Å²) in [6.07, 6.45) is 0. The van der Waals surface area contributed by atoms with Crippen molar-refractivity contribution < 1.29 is 9.13 Å². The summed E-state index contributed by atoms with van der Waals surface area (Å²) in [6, 6.07) is 9.89. The van der Waals surface area contributed by atoms with E-state index in [2.05, 4.69) is 0 Å². The molecule has 2 aromatic carbocycles. The van der Waals surface area contributed by atoms with Crippen LogP contribution in [-0.4, -0.2) is 0 Å². The molecule has 0 aliphatic carbocycles. The Hall–Kier alpha value is -1.25. The SMILES string of the molecule is Cc1ccc(F)c(OCc2c(Cl)cccc2Cl)c1. The normalized spacial score (nSPS) is 10.4. The second-order valence-electron chi connectivity index (χ2n) is 3.92. The summed E-state index contributed by atoms with van der Waals surface area (Å²) >= 11 is 12.0. The summed E-state index contributed by atoms with van der Waals surface area (Å²) in [7, 11) is 0. The van der Waals surface area contributed by atoms with Crippen LogP contribution in [0, 0.1) is 12.7 Å². The first-order chi connectivity index (χ1) is 8.58. The Morgan fingerprint density at radius 3 is 2.44 bits per heavy atom. The fourth-order valence-corrected chi connectivity index (χ4v) is 2.05. The largest absolute Gasteiger partial charge is 0.486 e. The van der Waals surface area contributed by atoms with Gasteiger partial charge < -0.3 is 4.74 Å². The average Bonchev–Trinajstić information content (AvgIpc) is 2.33. The van der Waals surface area contributed by atoms with Gasteiger partial charge in [-0.15, -0.1) is 0 Å². The molecule has 0 unspecified atom stereocenters. The number of hydrogen-bond donors (Lipinski definition) is 0. The van der Waals surface area contributed by atoms with Gasteiger partial charge in [0.2, 0.25) is 0 Å². The molecule has 0 saturated carbocycles. The second-order valence-corrected chi connectivity index (χ2v) is 4.74. The highest BCUT2D eigenvalue weighted by atomic mass is 35.5. The van der Waals surface area contributed by atoms with Crippen LogP contribution in [0.3, 0.4) is 0 Å². The highest BCUT2D eigenvalue weighted by Gasteiger charge is 2.08. The molecule has 0 heterocycles. The van der Waals surface area contributed by atoms with Crippen LogP contribution in [0.25, 0.3) is 0 Å². The Morgan fingerprint density at radius 2 is 1.78 bits per heavy atom. The highest BCUT2D eigenvalue weighted by molar-refractivity contribution is 6.35. The van der Waals surface area contributed by atoms with Gasteiger partial charge in [-0.3, -0.25) is 0 Å². The summed E-state index contributed by atoms with van der Waals surface area (Å²) in [5.41, 5.74) is 1.58. The maximum absolute atomic E-state index is 13.5. The maximum atomic E-state index is 13.5. The van der Waals surface area contributed by atoms with Crippen LogP contribution in [-0.2, 0) is 6.61 Å². The van der Waals surface area contributed by atoms with E-state index in [0.29, 0.717) is 15.6 Å². The topological polar surface area (TPSA) is 9.23 Å². The molecule has 0 aliphatic heterocycles. The van der Waals surface area contributed by atoms with E-state index in [0.717, 1.165) is 5.56 Å². The van der Waals surface area contributed by atoms with E-state index in [1.807, 2.05) is 6.92 Å². The number of rotatable bonds is 3. The third kappa shape index (κ3) is 2.95. The first-order valence-electron chi connectivity index (χ1n) is 5.40. The molecule has 0 aliphatic rings. The first-order valence-corrected chi connectivity index (χ1v) is 6.15. The first kappa shape index (κ1) is 13.2. The zero-order valence-corrected chi connectivity index (χ0v) is 11.2. The van der Waals surface area contributed by atoms with Crippen LogP contribution < -0.4 is 4.74 Å². The van der Waals surface area contributed by atoms with Crippen LogP contribution in [0.15, 0.2) is 36.4 Å². The molecule has 94 valence electrons. The van der Waals surface area contributed by atoms with Crippen molar-refractivity contribution in [3.05, 3.63) is 63.4 Å². The van der Waals surface area contributed by atoms with Crippen molar-refractivity contribution in [2.24, 2.45) is 0 Å². The monoisotopic (exact) mass is 284 g/mol. The van der Waals surface area contributed by atoms with E-state index in [1.54, 1.807) is 30.3 Å². The van der Waals surface area contributed by atoms with Gasteiger partial charge in [0.1, 0.15) is 6.61 Å². The van der Waals surface area contributed by atoms with Gasteiger partial charge in [-0.1, -0.05) is 35.3 Å². The third-order valence-corrected chi connectivity index (χ3v) is 3.23. The van der Waals surface area contributed by atoms with Crippen molar-refractivity contribution in [2.75, 3.05) is 0 Å². The molecule has 0 fully saturated rings. The summed E-state index contributed by atoms with van der Waals surface area (Å²) < 4.78 is 18.9. The van der Waals surface area contributed by atoms with Crippen molar-refractivity contribution in [1.82, 2.24) is 0 Å². The minimum atomic E-state index is -0.399. The summed E-state index contributed by atoms with van der Waals surface area (Å²) in [4.78, 5) is 0. The fourth-order valence-electron chi connectivity index (χ4n) is 1.54. The Bertz CT molecular complexity index is 549. The zero-order valence-electron chi connectivity index (χ0n) is 9.71. The lowest BCUT2D eigenvalue weighted by Gasteiger charge is -2.10. The standard InChI is InChI=1S/C14H11Cl2FO/c1-9-5-6-13(17)14(7-9)18-8-10-11(15)3-2-4-12(10)16/h2-7H,8H2,1H3. The lowest BCUT2D eigenvalue weighted by atomic mass is 10.2. The number of ether oxygens (including phenoxy) is 1. The van der Waals surface area contributed by atoms with Gasteiger partial charge in [0, 0.05) is 15.6 Å². The van der Waals surface area contributed by atoms with Gasteiger partial charge in [0.15, 0.2) is 11.6 Å². The quantitative estimate of drug-likeness (QED) is 0.769. The van der Waals surface area contributed by atoms with Crippen molar-refractivity contribution in [3.8, 4) is 5.75 Å². The van der Waals surface area contributed by atoms with Crippen LogP contribution in [0.4, 0.5) is 4.39 Å². The van der Waals surface area contributed by atoms with Gasteiger partial charge >= 0.3 is 0 Å². The Kier molecular flexibility index (Phi) is 4.10. The molecule has 0 N–H and O–H groups in total. The molecule has 0 radical (unpaired) electrons. The summed E-state index contributed by atoms with van der Waals surface area (Å²) in [5, 5.41) is 1.02. The lowest BCUT2D eigenvalue weighted by Crippen LogP contribution is -1.99. The molecule has 18 heavy (non-hydrogen) atoms. The number of aryl methyl sites for hydroxylation is 1. The molecule has 0 spiro atoms. The summed E-state index contributed by atoms with van der Waals surface area (Å²) in [5.74, 6) is -0.199. The van der Waals surface area contributed by atoms with Crippen molar-refractivity contribution >= 4 is 23.2 Å². The molecule has 4 heteroatoms. The molecule has 0 atom stereocenters. The van der Waals surface area contributed by atoms with Gasteiger partial charge in [-0.05, 0) is 36.8 Å². The van der Waals surface area contributed by atoms with E-state index >= 15 is 0 Å². The number of benzene rings is 2. The molecule has 0 amide bonds. The fraction of sp³-hybridized carbons (Fsp3) is 0.143. The molecule has 0 bridgehead atoms. The van der Waals surface area contributed by atoms with Crippen LogP contribution in [0.1, 0.15) is 11.1 Å².